The number of likely N-dealkylation sites (tertiary alicyclic amines) is 1. The van der Waals surface area contributed by atoms with Gasteiger partial charge in [-0.3, -0.25) is 19.2 Å². The average Bonchev–Trinajstić information content (AvgIpc) is 3.14. The van der Waals surface area contributed by atoms with Gasteiger partial charge in [0.2, 0.25) is 17.7 Å². The molecule has 4 amide bonds. The van der Waals surface area contributed by atoms with Gasteiger partial charge in [-0.15, -0.1) is 0 Å². The Kier molecular flexibility index (Phi) is 7.97. The summed E-state index contributed by atoms with van der Waals surface area (Å²) >= 11 is 5.95. The molecular weight excluding hydrogens is 506 g/mol. The van der Waals surface area contributed by atoms with Crippen molar-refractivity contribution >= 4 is 40.9 Å². The van der Waals surface area contributed by atoms with E-state index in [1.54, 1.807) is 0 Å². The fraction of sp³-hybridized carbons (Fsp3) is 0.429. The Morgan fingerprint density at radius 1 is 1.03 bits per heavy atom. The van der Waals surface area contributed by atoms with Crippen molar-refractivity contribution in [1.82, 2.24) is 15.1 Å². The van der Waals surface area contributed by atoms with Gasteiger partial charge in [-0.25, -0.2) is 0 Å². The van der Waals surface area contributed by atoms with Gasteiger partial charge in [0, 0.05) is 30.2 Å². The molecule has 38 heavy (non-hydrogen) atoms. The number of halogens is 1. The Morgan fingerprint density at radius 2 is 1.66 bits per heavy atom. The topological polar surface area (TPSA) is 116 Å². The first kappa shape index (κ1) is 27.4. The summed E-state index contributed by atoms with van der Waals surface area (Å²) in [6.45, 7) is 3.99. The summed E-state index contributed by atoms with van der Waals surface area (Å²) in [5.41, 5.74) is 5.23. The molecule has 3 N–H and O–H groups in total. The number of anilines is 1. The van der Waals surface area contributed by atoms with Crippen LogP contribution >= 0.6 is 11.6 Å². The second-order valence-corrected chi connectivity index (χ2v) is 10.9. The number of benzene rings is 2. The first-order chi connectivity index (χ1) is 18.0. The molecule has 4 rings (SSSR count). The van der Waals surface area contributed by atoms with Crippen LogP contribution in [0.3, 0.4) is 0 Å². The predicted octanol–water partition coefficient (Wildman–Crippen LogP) is 2.32. The molecule has 1 spiro atoms. The van der Waals surface area contributed by atoms with Crippen LogP contribution in [-0.2, 0) is 25.6 Å². The minimum atomic E-state index is -1.23. The third kappa shape index (κ3) is 5.78. The van der Waals surface area contributed by atoms with E-state index in [9.17, 15) is 19.2 Å². The normalized spacial score (nSPS) is 17.1. The van der Waals surface area contributed by atoms with E-state index in [4.69, 9.17) is 17.3 Å². The molecular formula is C28H34ClN5O4. The zero-order chi connectivity index (χ0) is 27.5. The minimum absolute atomic E-state index is 0.0522. The molecule has 0 bridgehead atoms. The maximum atomic E-state index is 13.8. The van der Waals surface area contributed by atoms with Crippen LogP contribution in [0.5, 0.6) is 0 Å². The minimum Gasteiger partial charge on any atom is -0.368 e. The number of nitrogens with two attached hydrogens (primary N) is 1. The van der Waals surface area contributed by atoms with Crippen LogP contribution in [0.2, 0.25) is 5.02 Å². The number of carbonyl (C=O) groups excluding carboxylic acids is 4. The van der Waals surface area contributed by atoms with E-state index in [0.29, 0.717) is 43.8 Å². The molecule has 2 saturated heterocycles. The lowest BCUT2D eigenvalue weighted by atomic mass is 9.85. The van der Waals surface area contributed by atoms with Crippen molar-refractivity contribution in [2.75, 3.05) is 31.2 Å². The number of nitrogens with one attached hydrogen (secondary N) is 1. The number of primary amides is 1. The largest absolute Gasteiger partial charge is 0.368 e. The summed E-state index contributed by atoms with van der Waals surface area (Å²) in [7, 11) is 0. The highest BCUT2D eigenvalue weighted by Gasteiger charge is 2.54. The highest BCUT2D eigenvalue weighted by Crippen LogP contribution is 2.39. The second kappa shape index (κ2) is 11.0. The van der Waals surface area contributed by atoms with Crippen LogP contribution in [0.1, 0.15) is 38.7 Å². The number of piperidine rings is 1. The molecule has 2 aromatic carbocycles. The summed E-state index contributed by atoms with van der Waals surface area (Å²) in [6.07, 6.45) is 1.92. The molecule has 202 valence electrons. The molecule has 0 saturated carbocycles. The van der Waals surface area contributed by atoms with Gasteiger partial charge < -0.3 is 25.8 Å². The van der Waals surface area contributed by atoms with Crippen LogP contribution in [0.4, 0.5) is 5.69 Å². The lowest BCUT2D eigenvalue weighted by Crippen LogP contribution is -2.58. The van der Waals surface area contributed by atoms with Crippen molar-refractivity contribution in [2.24, 2.45) is 5.73 Å². The molecule has 0 aliphatic carbocycles. The average molecular weight is 540 g/mol. The van der Waals surface area contributed by atoms with Crippen molar-refractivity contribution < 1.29 is 19.2 Å². The van der Waals surface area contributed by atoms with E-state index in [1.165, 1.54) is 18.7 Å². The second-order valence-electron chi connectivity index (χ2n) is 10.5. The van der Waals surface area contributed by atoms with Crippen LogP contribution in [0.15, 0.2) is 54.6 Å². The third-order valence-electron chi connectivity index (χ3n) is 7.47. The zero-order valence-electron chi connectivity index (χ0n) is 21.8. The fourth-order valence-corrected chi connectivity index (χ4v) is 5.26. The third-order valence-corrected chi connectivity index (χ3v) is 7.72. The van der Waals surface area contributed by atoms with Gasteiger partial charge in [0.25, 0.3) is 5.91 Å². The van der Waals surface area contributed by atoms with Crippen molar-refractivity contribution in [2.45, 2.75) is 50.6 Å². The van der Waals surface area contributed by atoms with E-state index < -0.39 is 22.9 Å². The number of hydrogen-bond donors (Lipinski definition) is 2. The number of nitrogens with zero attached hydrogens (tertiary/aromatic N) is 3. The zero-order valence-corrected chi connectivity index (χ0v) is 22.5. The maximum absolute atomic E-state index is 13.8. The van der Waals surface area contributed by atoms with Gasteiger partial charge in [0.05, 0.1) is 6.67 Å². The number of para-hydroxylation sites is 1. The molecule has 10 heteroatoms. The van der Waals surface area contributed by atoms with E-state index in [2.05, 4.69) is 5.32 Å². The first-order valence-corrected chi connectivity index (χ1v) is 13.1. The number of hydrogen-bond acceptors (Lipinski definition) is 5. The number of aryl methyl sites for hydroxylation is 1. The summed E-state index contributed by atoms with van der Waals surface area (Å²) in [5.74, 6) is -1.21. The van der Waals surface area contributed by atoms with E-state index in [-0.39, 0.29) is 25.0 Å². The quantitative estimate of drug-likeness (QED) is 0.534. The van der Waals surface area contributed by atoms with Crippen LogP contribution in [0, 0.1) is 0 Å². The molecule has 0 atom stereocenters. The van der Waals surface area contributed by atoms with E-state index in [0.717, 1.165) is 11.3 Å². The first-order valence-electron chi connectivity index (χ1n) is 12.8. The Labute approximate surface area is 227 Å². The van der Waals surface area contributed by atoms with Crippen molar-refractivity contribution in [3.8, 4) is 0 Å². The summed E-state index contributed by atoms with van der Waals surface area (Å²) in [4.78, 5) is 56.5. The van der Waals surface area contributed by atoms with E-state index >= 15 is 0 Å². The molecule has 2 aromatic rings. The smallest absolute Gasteiger partial charge is 0.250 e. The fourth-order valence-electron chi connectivity index (χ4n) is 5.13. The van der Waals surface area contributed by atoms with E-state index in [1.807, 2.05) is 64.4 Å². The number of carbonyl (C=O) groups is 4. The molecule has 0 radical (unpaired) electrons. The van der Waals surface area contributed by atoms with Crippen LogP contribution in [0.25, 0.3) is 0 Å². The monoisotopic (exact) mass is 539 g/mol. The SMILES string of the molecule is CC(C)(NC(=O)CN1CN(c2ccccc2)C2(CCN(C(=O)CCc3ccc(Cl)cc3)CC2)C1=O)C(N)=O. The lowest BCUT2D eigenvalue weighted by Gasteiger charge is -2.43. The highest BCUT2D eigenvalue weighted by molar-refractivity contribution is 6.30. The Hall–Kier alpha value is -3.59. The summed E-state index contributed by atoms with van der Waals surface area (Å²) < 4.78 is 0. The predicted molar refractivity (Wildman–Crippen MR) is 145 cm³/mol. The Bertz CT molecular complexity index is 1190. The van der Waals surface area contributed by atoms with Crippen LogP contribution in [-0.4, -0.2) is 70.8 Å². The van der Waals surface area contributed by atoms with Gasteiger partial charge in [-0.2, -0.15) is 0 Å². The Balaban J connectivity index is 1.45. The molecule has 2 aliphatic rings. The molecule has 2 heterocycles. The van der Waals surface area contributed by atoms with Crippen molar-refractivity contribution in [3.05, 3.63) is 65.2 Å². The highest BCUT2D eigenvalue weighted by atomic mass is 35.5. The van der Waals surface area contributed by atoms with Gasteiger partial charge in [0.1, 0.15) is 17.6 Å². The molecule has 9 nitrogen and oxygen atoms in total. The Morgan fingerprint density at radius 3 is 2.26 bits per heavy atom. The summed E-state index contributed by atoms with van der Waals surface area (Å²) in [6, 6.07) is 17.1. The van der Waals surface area contributed by atoms with Crippen molar-refractivity contribution in [1.29, 1.82) is 0 Å². The van der Waals surface area contributed by atoms with Gasteiger partial charge in [-0.1, -0.05) is 41.9 Å². The lowest BCUT2D eigenvalue weighted by molar-refractivity contribution is -0.140. The molecule has 0 aromatic heterocycles. The van der Waals surface area contributed by atoms with Gasteiger partial charge in [0.15, 0.2) is 0 Å². The molecule has 0 unspecified atom stereocenters. The van der Waals surface area contributed by atoms with Gasteiger partial charge in [-0.05, 0) is 62.9 Å². The maximum Gasteiger partial charge on any atom is 0.250 e. The standard InChI is InChI=1S/C28H34ClN5O4/c1-27(2,25(30)37)31-23(35)18-33-19-34(22-6-4-3-5-7-22)28(26(33)38)14-16-32(17-15-28)24(36)13-10-20-8-11-21(29)12-9-20/h3-9,11-12H,10,13-19H2,1-2H3,(H2,30,37)(H,31,35). The molecule has 2 fully saturated rings. The summed E-state index contributed by atoms with van der Waals surface area (Å²) in [5, 5.41) is 3.28. The van der Waals surface area contributed by atoms with Crippen LogP contribution < -0.4 is 16.0 Å². The number of rotatable bonds is 8. The molecule has 2 aliphatic heterocycles. The number of amides is 4. The van der Waals surface area contributed by atoms with Gasteiger partial charge >= 0.3 is 0 Å². The van der Waals surface area contributed by atoms with Crippen molar-refractivity contribution in [3.63, 3.8) is 0 Å².